The Morgan fingerprint density at radius 1 is 0.417 bits per heavy atom. The summed E-state index contributed by atoms with van der Waals surface area (Å²) in [6.45, 7) is 0.108. The molecule has 9 rings (SSSR count). The zero-order chi connectivity index (χ0) is 49.3. The first-order chi connectivity index (χ1) is 35.5. The molecule has 11 heteroatoms. The summed E-state index contributed by atoms with van der Waals surface area (Å²) < 4.78 is 64.4. The van der Waals surface area contributed by atoms with Crippen LogP contribution in [0.1, 0.15) is 38.9 Å². The third kappa shape index (κ3) is 12.5. The summed E-state index contributed by atoms with van der Waals surface area (Å²) in [7, 11) is 0. The highest BCUT2D eigenvalue weighted by atomic mass is 16.7. The minimum Gasteiger partial charge on any atom is -0.394 e. The topological polar surface area (TPSA) is 124 Å². The first-order valence-corrected chi connectivity index (χ1v) is 24.7. The Balaban J connectivity index is 1.25. The molecule has 374 valence electrons. The van der Waals surface area contributed by atoms with E-state index in [9.17, 15) is 10.2 Å². The van der Waals surface area contributed by atoms with Gasteiger partial charge >= 0.3 is 0 Å². The Morgan fingerprint density at radius 3 is 1.21 bits per heavy atom. The third-order valence-electron chi connectivity index (χ3n) is 13.4. The highest BCUT2D eigenvalue weighted by Gasteiger charge is 2.74. The largest absolute Gasteiger partial charge is 0.394 e. The number of benzene rings is 7. The highest BCUT2D eigenvalue weighted by Crippen LogP contribution is 2.52. The molecule has 2 saturated heterocycles. The molecule has 2 N–H and O–H groups in total. The number of rotatable bonds is 24. The highest BCUT2D eigenvalue weighted by molar-refractivity contribution is 5.26. The monoisotopic (exact) mass is 972 g/mol. The average Bonchev–Trinajstić information content (AvgIpc) is 3.44. The van der Waals surface area contributed by atoms with Crippen LogP contribution in [0.3, 0.4) is 0 Å². The van der Waals surface area contributed by atoms with E-state index >= 15 is 0 Å². The fourth-order valence-electron chi connectivity index (χ4n) is 9.79. The van der Waals surface area contributed by atoms with Crippen LogP contribution in [-0.2, 0) is 88.9 Å². The van der Waals surface area contributed by atoms with Gasteiger partial charge in [0.15, 0.2) is 17.5 Å². The van der Waals surface area contributed by atoms with Crippen LogP contribution in [0.2, 0.25) is 0 Å². The lowest BCUT2D eigenvalue weighted by molar-refractivity contribution is -0.420. The molecule has 0 aromatic heterocycles. The lowest BCUT2D eigenvalue weighted by Crippen LogP contribution is -2.84. The molecule has 0 saturated carbocycles. The summed E-state index contributed by atoms with van der Waals surface area (Å²) in [5.41, 5.74) is 2.49. The van der Waals surface area contributed by atoms with E-state index in [4.69, 9.17) is 42.6 Å². The van der Waals surface area contributed by atoms with E-state index in [0.29, 0.717) is 6.61 Å². The van der Waals surface area contributed by atoms with Crippen molar-refractivity contribution in [3.05, 3.63) is 251 Å². The van der Waals surface area contributed by atoms with Gasteiger partial charge in [-0.05, 0) is 38.9 Å². The van der Waals surface area contributed by atoms with E-state index in [1.807, 2.05) is 212 Å². The van der Waals surface area contributed by atoms with Gasteiger partial charge in [-0.3, -0.25) is 0 Å². The van der Waals surface area contributed by atoms with Crippen LogP contribution in [-0.4, -0.2) is 84.1 Å². The van der Waals surface area contributed by atoms with Gasteiger partial charge in [0.25, 0.3) is 0 Å². The lowest BCUT2D eigenvalue weighted by Gasteiger charge is -2.63. The van der Waals surface area contributed by atoms with Crippen LogP contribution < -0.4 is 0 Å². The van der Waals surface area contributed by atoms with Crippen LogP contribution >= 0.6 is 0 Å². The molecular weight excluding hydrogens is 909 g/mol. The van der Waals surface area contributed by atoms with Crippen LogP contribution in [0, 0.1) is 0 Å². The van der Waals surface area contributed by atoms with Crippen molar-refractivity contribution in [1.29, 1.82) is 0 Å². The standard InChI is InChI=1S/C61H64O11/c62-36-54-61(71-43-52-34-20-7-21-35-52,58(68-41-50-30-16-5-17-31-50)56(59(63)72-54)66-39-48-26-12-3-13-27-48)60(70-42-51-32-18-6-19-33-51)45-69-53(44-64-37-46-22-8-1-9-23-46)55(65-38-47-24-10-2-11-25-47)57(60)67-40-49-28-14-4-15-29-49/h1-35,53-59,62-63H,36-45H2/t53-,54-,55-,56-,57+,58-,59+,60-,61-/m1/s1. The molecule has 9 atom stereocenters. The van der Waals surface area contributed by atoms with Crippen LogP contribution in [0.4, 0.5) is 0 Å². The maximum Gasteiger partial charge on any atom is 0.184 e. The first kappa shape index (κ1) is 51.0. The number of aliphatic hydroxyl groups is 2. The number of hydrogen-bond donors (Lipinski definition) is 2. The maximum absolute atomic E-state index is 12.3. The predicted molar refractivity (Wildman–Crippen MR) is 272 cm³/mol. The van der Waals surface area contributed by atoms with Gasteiger partial charge in [-0.25, -0.2) is 0 Å². The summed E-state index contributed by atoms with van der Waals surface area (Å²) in [5.74, 6) is 0. The Kier molecular flexibility index (Phi) is 18.2. The first-order valence-electron chi connectivity index (χ1n) is 24.7. The van der Waals surface area contributed by atoms with E-state index < -0.39 is 60.7 Å². The molecule has 0 aliphatic carbocycles. The predicted octanol–water partition coefficient (Wildman–Crippen LogP) is 9.56. The van der Waals surface area contributed by atoms with Gasteiger partial charge in [0.1, 0.15) is 36.6 Å². The second kappa shape index (κ2) is 25.7. The Labute approximate surface area is 422 Å². The number of aliphatic hydroxyl groups excluding tert-OH is 2. The quantitative estimate of drug-likeness (QED) is 0.0602. The molecule has 0 amide bonds. The minimum absolute atomic E-state index is 0.00555. The van der Waals surface area contributed by atoms with Gasteiger partial charge in [-0.1, -0.05) is 212 Å². The smallest absolute Gasteiger partial charge is 0.184 e. The minimum atomic E-state index is -1.92. The molecule has 2 aliphatic heterocycles. The van der Waals surface area contributed by atoms with Crippen LogP contribution in [0.15, 0.2) is 212 Å². The maximum atomic E-state index is 12.3. The van der Waals surface area contributed by atoms with E-state index in [-0.39, 0.29) is 52.9 Å². The van der Waals surface area contributed by atoms with Crippen molar-refractivity contribution in [3.8, 4) is 0 Å². The molecule has 0 bridgehead atoms. The van der Waals surface area contributed by atoms with Gasteiger partial charge in [0, 0.05) is 0 Å². The van der Waals surface area contributed by atoms with E-state index in [1.165, 1.54) is 0 Å². The van der Waals surface area contributed by atoms with E-state index in [0.717, 1.165) is 38.9 Å². The molecule has 0 radical (unpaired) electrons. The van der Waals surface area contributed by atoms with Gasteiger partial charge in [0.2, 0.25) is 0 Å². The molecule has 2 aliphatic rings. The summed E-state index contributed by atoms with van der Waals surface area (Å²) >= 11 is 0. The van der Waals surface area contributed by atoms with Crippen molar-refractivity contribution in [2.75, 3.05) is 19.8 Å². The molecule has 0 unspecified atom stereocenters. The van der Waals surface area contributed by atoms with Crippen molar-refractivity contribution < 1.29 is 52.8 Å². The van der Waals surface area contributed by atoms with Gasteiger partial charge in [-0.2, -0.15) is 0 Å². The molecular formula is C61H64O11. The van der Waals surface area contributed by atoms with Crippen molar-refractivity contribution in [3.63, 3.8) is 0 Å². The van der Waals surface area contributed by atoms with Crippen molar-refractivity contribution >= 4 is 0 Å². The normalized spacial score (nSPS) is 25.2. The average molecular weight is 973 g/mol. The van der Waals surface area contributed by atoms with E-state index in [2.05, 4.69) is 0 Å². The van der Waals surface area contributed by atoms with Crippen molar-refractivity contribution in [2.24, 2.45) is 0 Å². The fraction of sp³-hybridized carbons (Fsp3) is 0.311. The molecule has 11 nitrogen and oxygen atoms in total. The number of hydrogen-bond acceptors (Lipinski definition) is 11. The number of ether oxygens (including phenoxy) is 9. The molecule has 7 aromatic carbocycles. The van der Waals surface area contributed by atoms with E-state index in [1.54, 1.807) is 0 Å². The van der Waals surface area contributed by atoms with Crippen molar-refractivity contribution in [1.82, 2.24) is 0 Å². The summed E-state index contributed by atoms with van der Waals surface area (Å²) in [4.78, 5) is 0. The van der Waals surface area contributed by atoms with Gasteiger partial charge in [-0.15, -0.1) is 0 Å². The zero-order valence-electron chi connectivity index (χ0n) is 40.4. The molecule has 2 heterocycles. The second-order valence-electron chi connectivity index (χ2n) is 18.2. The molecule has 2 fully saturated rings. The summed E-state index contributed by atoms with van der Waals surface area (Å²) in [5, 5.41) is 24.3. The summed E-state index contributed by atoms with van der Waals surface area (Å²) in [6, 6.07) is 68.9. The lowest BCUT2D eigenvalue weighted by atomic mass is 9.65. The van der Waals surface area contributed by atoms with Gasteiger partial charge < -0.3 is 52.8 Å². The molecule has 72 heavy (non-hydrogen) atoms. The van der Waals surface area contributed by atoms with Crippen LogP contribution in [0.25, 0.3) is 0 Å². The SMILES string of the molecule is OC[C@H]1O[C@H](O)[C@H](OCc2ccccc2)[C@@H](OCc2ccccc2)[C@@]1(OCc1ccccc1)[C@@]1(OCc2ccccc2)CO[C@H](COCc2ccccc2)[C@@H](OCc2ccccc2)[C@@H]1OCc1ccccc1. The second-order valence-corrected chi connectivity index (χ2v) is 18.2. The zero-order valence-corrected chi connectivity index (χ0v) is 40.4. The van der Waals surface area contributed by atoms with Gasteiger partial charge in [0.05, 0.1) is 66.1 Å². The Morgan fingerprint density at radius 2 is 0.778 bits per heavy atom. The Hall–Kier alpha value is -5.90. The molecule has 7 aromatic rings. The van der Waals surface area contributed by atoms with Crippen LogP contribution in [0.5, 0.6) is 0 Å². The third-order valence-corrected chi connectivity index (χ3v) is 13.4. The summed E-state index contributed by atoms with van der Waals surface area (Å²) in [6.07, 6.45) is -8.11. The fourth-order valence-corrected chi connectivity index (χ4v) is 9.79. The Bertz CT molecular complexity index is 2600. The van der Waals surface area contributed by atoms with Crippen molar-refractivity contribution in [2.45, 2.75) is 100 Å². The molecule has 0 spiro atoms.